The second kappa shape index (κ2) is 33.2. The smallest absolute Gasteiger partial charge is 0.280 e. The normalized spacial score (nSPS) is 11.3. The van der Waals surface area contributed by atoms with Crippen molar-refractivity contribution in [3.63, 3.8) is 0 Å². The number of benzene rings is 4. The summed E-state index contributed by atoms with van der Waals surface area (Å²) in [6.45, 7) is 22.0. The summed E-state index contributed by atoms with van der Waals surface area (Å²) in [7, 11) is -4.67. The molecule has 0 N–H and O–H groups in total. The van der Waals surface area contributed by atoms with Gasteiger partial charge < -0.3 is 42.0 Å². The van der Waals surface area contributed by atoms with Crippen molar-refractivity contribution in [2.45, 2.75) is 158 Å². The van der Waals surface area contributed by atoms with Crippen LogP contribution in [0.15, 0.2) is 72.8 Å². The predicted octanol–water partition coefficient (Wildman–Crippen LogP) is 12.0. The van der Waals surface area contributed by atoms with E-state index in [0.29, 0.717) is 75.9 Å². The van der Waals surface area contributed by atoms with Crippen molar-refractivity contribution in [3.05, 3.63) is 72.8 Å². The van der Waals surface area contributed by atoms with Gasteiger partial charge in [-0.3, -0.25) is 0 Å². The van der Waals surface area contributed by atoms with Crippen molar-refractivity contribution in [1.82, 2.24) is 0 Å². The van der Waals surface area contributed by atoms with Gasteiger partial charge in [0.15, 0.2) is 46.0 Å². The molecule has 0 aliphatic rings. The summed E-state index contributed by atoms with van der Waals surface area (Å²) in [5, 5.41) is 3.76. The number of hydrogen-bond acceptors (Lipinski definition) is 9. The molecule has 0 saturated heterocycles. The average Bonchev–Trinajstić information content (AvgIpc) is 3.34. The molecule has 4 aromatic carbocycles. The molecule has 4 rings (SSSR count). The number of unbranched alkanes of at least 4 members (excludes halogenated alkanes) is 8. The Morgan fingerprint density at radius 1 is 0.269 bits per heavy atom. The third-order valence-corrected chi connectivity index (χ3v) is 16.3. The van der Waals surface area contributed by atoms with Crippen LogP contribution in [0.5, 0.6) is 46.0 Å². The quantitative estimate of drug-likeness (QED) is 0.0322. The zero-order valence-corrected chi connectivity index (χ0v) is 44.6. The molecule has 67 heavy (non-hydrogen) atoms. The maximum absolute atomic E-state index is 8.17. The van der Waals surface area contributed by atoms with Gasteiger partial charge in [-0.15, -0.1) is 0 Å². The van der Waals surface area contributed by atoms with E-state index in [2.05, 4.69) is 104 Å². The highest BCUT2D eigenvalue weighted by atomic mass is 28.4. The zero-order valence-electron chi connectivity index (χ0n) is 42.6. The lowest BCUT2D eigenvalue weighted by molar-refractivity contribution is 0.262. The van der Waals surface area contributed by atoms with Gasteiger partial charge in [0.1, 0.15) is 0 Å². The Bertz CT molecular complexity index is 1670. The summed E-state index contributed by atoms with van der Waals surface area (Å²) in [5.74, 6) is 5.73. The highest BCUT2D eigenvalue weighted by Crippen LogP contribution is 2.33. The molecule has 0 fully saturated rings. The fourth-order valence-electron chi connectivity index (χ4n) is 7.02. The molecular weight excluding hydrogens is 873 g/mol. The molecule has 0 heterocycles. The van der Waals surface area contributed by atoms with Crippen LogP contribution in [-0.4, -0.2) is 70.9 Å². The topological polar surface area (TPSA) is 83.1 Å². The fourth-order valence-corrected chi connectivity index (χ4v) is 12.8. The molecule has 0 saturated carbocycles. The number of hydrogen-bond donors (Lipinski definition) is 0. The van der Waals surface area contributed by atoms with Crippen LogP contribution in [0.1, 0.15) is 158 Å². The Kier molecular flexibility index (Phi) is 27.4. The van der Waals surface area contributed by atoms with Crippen LogP contribution in [0.4, 0.5) is 0 Å². The van der Waals surface area contributed by atoms with Crippen LogP contribution in [0.3, 0.4) is 0 Å². The van der Waals surface area contributed by atoms with Gasteiger partial charge in [0.05, 0.1) is 52.9 Å². The molecule has 11 heteroatoms. The molecule has 2 radical (unpaired) electrons. The summed E-state index contributed by atoms with van der Waals surface area (Å²) in [5.41, 5.74) is 0. The second-order valence-corrected chi connectivity index (χ2v) is 21.2. The molecule has 0 aliphatic carbocycles. The van der Waals surface area contributed by atoms with Crippen molar-refractivity contribution in [3.8, 4) is 46.0 Å². The van der Waals surface area contributed by atoms with Gasteiger partial charge in [0.25, 0.3) is 18.1 Å². The maximum Gasteiger partial charge on any atom is 0.280 e. The summed E-state index contributed by atoms with van der Waals surface area (Å²) in [6.07, 6.45) is 15.4. The van der Waals surface area contributed by atoms with Crippen molar-refractivity contribution in [2.24, 2.45) is 0 Å². The predicted molar refractivity (Wildman–Crippen MR) is 280 cm³/mol. The van der Waals surface area contributed by atoms with Crippen molar-refractivity contribution >= 4 is 38.8 Å². The summed E-state index contributed by atoms with van der Waals surface area (Å²) >= 11 is 0. The largest absolute Gasteiger partial charge is 0.490 e. The number of para-hydroxylation sites is 4. The summed E-state index contributed by atoms with van der Waals surface area (Å²) < 4.78 is 62.1. The van der Waals surface area contributed by atoms with Gasteiger partial charge in [-0.1, -0.05) is 155 Å². The second-order valence-electron chi connectivity index (χ2n) is 16.9. The molecular formula is C56H84O9Si2. The third kappa shape index (κ3) is 17.6. The first-order valence-electron chi connectivity index (χ1n) is 26.0. The lowest BCUT2D eigenvalue weighted by Crippen LogP contribution is -2.57. The molecule has 0 atom stereocenters. The molecule has 0 bridgehead atoms. The Morgan fingerprint density at radius 2 is 0.463 bits per heavy atom. The van der Waals surface area contributed by atoms with E-state index in [9.17, 15) is 0 Å². The lowest BCUT2D eigenvalue weighted by atomic mass is 10.3. The van der Waals surface area contributed by atoms with Crippen LogP contribution in [0.25, 0.3) is 0 Å². The first kappa shape index (κ1) is 55.3. The first-order valence-corrected chi connectivity index (χ1v) is 28.8. The Morgan fingerprint density at radius 3 is 0.657 bits per heavy atom. The summed E-state index contributed by atoms with van der Waals surface area (Å²) in [4.78, 5) is 0. The molecule has 0 amide bonds. The van der Waals surface area contributed by atoms with Crippen LogP contribution in [0.2, 0.25) is 0 Å². The van der Waals surface area contributed by atoms with Crippen LogP contribution < -0.4 is 58.6 Å². The number of ether oxygens (including phenoxy) is 8. The van der Waals surface area contributed by atoms with Gasteiger partial charge in [0.2, 0.25) is 0 Å². The van der Waals surface area contributed by atoms with Crippen molar-refractivity contribution < 1.29 is 42.0 Å². The van der Waals surface area contributed by atoms with Gasteiger partial charge in [-0.2, -0.15) is 0 Å². The van der Waals surface area contributed by atoms with E-state index in [-0.39, 0.29) is 0 Å². The van der Waals surface area contributed by atoms with E-state index < -0.39 is 18.1 Å². The van der Waals surface area contributed by atoms with Gasteiger partial charge in [0, 0.05) is 20.7 Å². The monoisotopic (exact) mass is 957 g/mol. The lowest BCUT2D eigenvalue weighted by Gasteiger charge is -2.30. The summed E-state index contributed by atoms with van der Waals surface area (Å²) in [6, 6.07) is 25.1. The fraction of sp³-hybridized carbons (Fsp3) is 0.571. The van der Waals surface area contributed by atoms with E-state index >= 15 is 0 Å². The van der Waals surface area contributed by atoms with Crippen LogP contribution in [-0.2, 0) is 4.12 Å². The Hall–Kier alpha value is -4.33. The van der Waals surface area contributed by atoms with Gasteiger partial charge in [-0.05, 0) is 75.6 Å². The molecule has 0 spiro atoms. The molecule has 9 nitrogen and oxygen atoms in total. The van der Waals surface area contributed by atoms with Gasteiger partial charge >= 0.3 is 0 Å². The van der Waals surface area contributed by atoms with Crippen LogP contribution >= 0.6 is 0 Å². The Labute approximate surface area is 409 Å². The molecule has 0 unspecified atom stereocenters. The highest BCUT2D eigenvalue weighted by Gasteiger charge is 2.38. The van der Waals surface area contributed by atoms with E-state index in [0.717, 1.165) is 146 Å². The van der Waals surface area contributed by atoms with E-state index in [1.807, 2.05) is 24.3 Å². The standard InChI is InChI=1S/C56H84O9Si2/c1-9-17-37-57-45-29-25-33-49(53(45)61-41-21-13-5)66(50-34-26-30-46(58-38-18-10-2)54(50)62-42-22-14-6)65-67(51-35-27-31-47(59-39-19-11-3)55(51)63-43-23-15-7)52-36-28-32-48(60-40-20-12-4)56(52)64-44-24-16-8/h25-36H,9-24,37-44H2,1-8H3. The molecule has 0 aliphatic heterocycles. The van der Waals surface area contributed by atoms with E-state index in [1.165, 1.54) is 0 Å². The van der Waals surface area contributed by atoms with Crippen molar-refractivity contribution in [1.29, 1.82) is 0 Å². The average molecular weight is 957 g/mol. The third-order valence-electron chi connectivity index (χ3n) is 11.1. The van der Waals surface area contributed by atoms with Crippen LogP contribution in [0, 0.1) is 0 Å². The van der Waals surface area contributed by atoms with Crippen molar-refractivity contribution in [2.75, 3.05) is 52.9 Å². The SMILES string of the molecule is CCCCOc1cccc([Si](O[Si](c2cccc(OCCCC)c2OCCCC)c2cccc(OCCCC)c2OCCCC)c2cccc(OCCCC)c2OCCCC)c1OCCCC. The first-order chi connectivity index (χ1) is 33.0. The Balaban J connectivity index is 2.16. The minimum absolute atomic E-state index is 0.545. The molecule has 0 aromatic heterocycles. The highest BCUT2D eigenvalue weighted by molar-refractivity contribution is 6.93. The maximum atomic E-state index is 8.17. The number of rotatable bonds is 38. The van der Waals surface area contributed by atoms with E-state index in [4.69, 9.17) is 42.0 Å². The van der Waals surface area contributed by atoms with E-state index in [1.54, 1.807) is 0 Å². The zero-order chi connectivity index (χ0) is 47.9. The minimum Gasteiger partial charge on any atom is -0.490 e. The minimum atomic E-state index is -2.34. The van der Waals surface area contributed by atoms with Gasteiger partial charge in [-0.25, -0.2) is 0 Å². The molecule has 370 valence electrons. The molecule has 4 aromatic rings.